The van der Waals surface area contributed by atoms with E-state index in [1.165, 1.54) is 0 Å². The number of carbonyl (C=O) groups is 1. The van der Waals surface area contributed by atoms with Crippen LogP contribution in [0, 0.1) is 0 Å². The van der Waals surface area contributed by atoms with E-state index in [9.17, 15) is 4.79 Å². The van der Waals surface area contributed by atoms with Gasteiger partial charge in [0, 0.05) is 44.2 Å². The molecule has 5 unspecified atom stereocenters. The van der Waals surface area contributed by atoms with Crippen LogP contribution in [0.3, 0.4) is 0 Å². The van der Waals surface area contributed by atoms with Crippen molar-refractivity contribution in [1.82, 2.24) is 0 Å². The Balaban J connectivity index is 1.43. The van der Waals surface area contributed by atoms with E-state index < -0.39 is 22.8 Å². The second-order valence-electron chi connectivity index (χ2n) is 19.1. The zero-order valence-electron chi connectivity index (χ0n) is 43.9. The van der Waals surface area contributed by atoms with Crippen molar-refractivity contribution in [3.05, 3.63) is 113 Å². The van der Waals surface area contributed by atoms with Crippen LogP contribution >= 0.6 is 16.8 Å². The largest absolute Gasteiger partial charge is 0.532 e. The first-order chi connectivity index (χ1) is 34.9. The molecule has 11 nitrogen and oxygen atoms in total. The van der Waals surface area contributed by atoms with Crippen molar-refractivity contribution in [3.8, 4) is 51.4 Å². The van der Waals surface area contributed by atoms with Crippen molar-refractivity contribution in [3.63, 3.8) is 0 Å². The van der Waals surface area contributed by atoms with Crippen molar-refractivity contribution < 1.29 is 50.2 Å². The minimum Gasteiger partial charge on any atom is -0.497 e. The molecule has 0 radical (unpaired) electrons. The minimum absolute atomic E-state index is 0.000918. The lowest BCUT2D eigenvalue weighted by molar-refractivity contribution is 0.0697. The lowest BCUT2D eigenvalue weighted by Gasteiger charge is -2.27. The number of carbonyl (C=O) groups excluding carboxylic acids is 1. The Labute approximate surface area is 427 Å². The van der Waals surface area contributed by atoms with Crippen LogP contribution in [0.5, 0.6) is 40.2 Å². The van der Waals surface area contributed by atoms with Gasteiger partial charge in [-0.15, -0.1) is 0 Å². The average molecular weight is 1020 g/mol. The molecule has 72 heavy (non-hydrogen) atoms. The van der Waals surface area contributed by atoms with E-state index in [4.69, 9.17) is 45.4 Å². The summed E-state index contributed by atoms with van der Waals surface area (Å²) < 4.78 is 65.8. The predicted molar refractivity (Wildman–Crippen MR) is 291 cm³/mol. The summed E-state index contributed by atoms with van der Waals surface area (Å²) in [4.78, 5) is 13.9. The monoisotopic (exact) mass is 1020 g/mol. The molecule has 382 valence electrons. The summed E-state index contributed by atoms with van der Waals surface area (Å²) >= 11 is 0. The lowest BCUT2D eigenvalue weighted by atomic mass is 9.88. The van der Waals surface area contributed by atoms with Gasteiger partial charge in [-0.1, -0.05) is 105 Å². The van der Waals surface area contributed by atoms with Crippen molar-refractivity contribution in [2.75, 3.05) is 28.4 Å². The second kappa shape index (κ2) is 23.2. The van der Waals surface area contributed by atoms with Crippen molar-refractivity contribution in [2.45, 2.75) is 130 Å². The minimum atomic E-state index is -2.29. The molecule has 0 aliphatic carbocycles. The molecule has 0 N–H and O–H groups in total. The first-order valence-corrected chi connectivity index (χ1v) is 27.7. The fourth-order valence-electron chi connectivity index (χ4n) is 10.1. The molecule has 2 heterocycles. The van der Waals surface area contributed by atoms with Crippen LogP contribution in [-0.2, 0) is 4.52 Å². The Morgan fingerprint density at radius 3 is 1.32 bits per heavy atom. The highest BCUT2D eigenvalue weighted by Crippen LogP contribution is 2.56. The van der Waals surface area contributed by atoms with Crippen LogP contribution in [0.25, 0.3) is 43.8 Å². The summed E-state index contributed by atoms with van der Waals surface area (Å²) in [6.07, 6.45) is 7.34. The van der Waals surface area contributed by atoms with Crippen molar-refractivity contribution in [1.29, 1.82) is 0 Å². The molecule has 0 amide bonds. The Morgan fingerprint density at radius 2 is 0.875 bits per heavy atom. The van der Waals surface area contributed by atoms with Crippen LogP contribution in [0.15, 0.2) is 93.3 Å². The molecule has 0 saturated carbocycles. The number of hydrogen-bond acceptors (Lipinski definition) is 11. The summed E-state index contributed by atoms with van der Waals surface area (Å²) in [6.45, 7) is 17.5. The van der Waals surface area contributed by atoms with Gasteiger partial charge in [-0.3, -0.25) is 0 Å². The molecule has 0 saturated heterocycles. The Morgan fingerprint density at radius 1 is 0.472 bits per heavy atom. The molecule has 5 atom stereocenters. The Kier molecular flexibility index (Phi) is 16.9. The van der Waals surface area contributed by atoms with Gasteiger partial charge in [-0.05, 0) is 121 Å². The molecule has 0 bridgehead atoms. The van der Waals surface area contributed by atoms with Crippen LogP contribution in [-0.4, -0.2) is 34.4 Å². The highest BCUT2D eigenvalue weighted by molar-refractivity contribution is 7.43. The van der Waals surface area contributed by atoms with Crippen LogP contribution in [0.1, 0.15) is 163 Å². The van der Waals surface area contributed by atoms with E-state index in [0.717, 1.165) is 107 Å². The van der Waals surface area contributed by atoms with E-state index in [0.29, 0.717) is 56.6 Å². The third kappa shape index (κ3) is 10.8. The molecule has 1 aliphatic heterocycles. The maximum atomic E-state index is 13.9. The van der Waals surface area contributed by atoms with E-state index in [2.05, 4.69) is 67.5 Å². The van der Waals surface area contributed by atoms with Crippen molar-refractivity contribution in [2.24, 2.45) is 0 Å². The summed E-state index contributed by atoms with van der Waals surface area (Å²) in [5, 5.41) is 3.52. The highest BCUT2D eigenvalue weighted by Gasteiger charge is 2.36. The Hall–Kier alpha value is -6.02. The summed E-state index contributed by atoms with van der Waals surface area (Å²) in [5.74, 6) is 3.79. The van der Waals surface area contributed by atoms with Gasteiger partial charge >= 0.3 is 22.8 Å². The highest BCUT2D eigenvalue weighted by atomic mass is 31.2. The van der Waals surface area contributed by atoms with Gasteiger partial charge in [0.25, 0.3) is 0 Å². The third-order valence-corrected chi connectivity index (χ3v) is 15.9. The summed E-state index contributed by atoms with van der Waals surface area (Å²) in [7, 11) is 2.19. The summed E-state index contributed by atoms with van der Waals surface area (Å²) in [5.41, 5.74) is 6.73. The van der Waals surface area contributed by atoms with Gasteiger partial charge in [-0.25, -0.2) is 4.79 Å². The number of fused-ring (bicyclic) bond motifs is 5. The topological polar surface area (TPSA) is 117 Å². The van der Waals surface area contributed by atoms with E-state index in [1.807, 2.05) is 66.7 Å². The second-order valence-corrected chi connectivity index (χ2v) is 21.1. The molecule has 8 rings (SSSR count). The number of ether oxygens (including phenoxy) is 4. The molecule has 13 heteroatoms. The van der Waals surface area contributed by atoms with E-state index >= 15 is 0 Å². The third-order valence-electron chi connectivity index (χ3n) is 14.0. The van der Waals surface area contributed by atoms with Gasteiger partial charge in [0.1, 0.15) is 57.0 Å². The number of benzene rings is 6. The normalized spacial score (nSPS) is 15.2. The SMILES string of the molecule is CCCC(C)c1cc(OC)cc(-c2cc(OC)cc(C(C)CCC)c2Op2oc3c(C(C)CCC)cc(OC)cc3c3cc(OC)cc(C(C)CCC)c3o2)c1OP1OC(=O)c2cc3ccccc3cc2O1. The average Bonchev–Trinajstić information content (AvgIpc) is 3.54. The maximum Gasteiger partial charge on any atom is 0.532 e. The Bertz CT molecular complexity index is 3030. The van der Waals surface area contributed by atoms with E-state index in [-0.39, 0.29) is 23.7 Å². The molecule has 1 aliphatic rings. The predicted octanol–water partition coefficient (Wildman–Crippen LogP) is 18.5. The van der Waals surface area contributed by atoms with Crippen LogP contribution in [0.2, 0.25) is 0 Å². The molecule has 6 aromatic carbocycles. The fourth-order valence-corrected chi connectivity index (χ4v) is 12.2. The molecular weight excluding hydrogens is 947 g/mol. The molecule has 1 aromatic heterocycles. The quantitative estimate of drug-likeness (QED) is 0.0640. The van der Waals surface area contributed by atoms with Crippen LogP contribution in [0.4, 0.5) is 0 Å². The van der Waals surface area contributed by atoms with Gasteiger partial charge < -0.3 is 45.4 Å². The van der Waals surface area contributed by atoms with Gasteiger partial charge in [-0.2, -0.15) is 0 Å². The number of hydrogen-bond donors (Lipinski definition) is 0. The number of methoxy groups -OCH3 is 4. The molecule has 7 aromatic rings. The lowest BCUT2D eigenvalue weighted by Crippen LogP contribution is -2.15. The molecule has 0 spiro atoms. The zero-order valence-corrected chi connectivity index (χ0v) is 45.7. The maximum absolute atomic E-state index is 13.9. The molecule has 0 fully saturated rings. The standard InChI is InChI=1S/C59H70O11P2/c1-13-19-35(5)45-27-41(61-9)31-49(55(45)66-71-65-54-26-40-24-18-17-23-39(40)25-53(54)59(60)70-71)50-32-42(62-10)28-46(36(6)20-14-2)56(50)67-72-68-57-47(37(7)21-15-3)29-43(63-11)33-51(57)52-34-44(64-12)30-48(58(52)69-72)38(8)22-16-4/h17-18,23-38H,13-16,19-22H2,1-12H3. The van der Waals surface area contributed by atoms with Crippen LogP contribution < -0.4 is 32.5 Å². The zero-order chi connectivity index (χ0) is 51.2. The van der Waals surface area contributed by atoms with Gasteiger partial charge in [0.05, 0.1) is 28.4 Å². The first kappa shape index (κ1) is 52.3. The number of rotatable bonds is 21. The van der Waals surface area contributed by atoms with E-state index in [1.54, 1.807) is 34.5 Å². The molecular formula is C59H70O11P2. The van der Waals surface area contributed by atoms with Crippen molar-refractivity contribution >= 4 is 55.5 Å². The fraction of sp³-hybridized carbons (Fsp3) is 0.407. The summed E-state index contributed by atoms with van der Waals surface area (Å²) in [6, 6.07) is 27.7. The first-order valence-electron chi connectivity index (χ1n) is 25.5. The van der Waals surface area contributed by atoms with Gasteiger partial charge in [0.2, 0.25) is 0 Å². The van der Waals surface area contributed by atoms with Gasteiger partial charge in [0.15, 0.2) is 0 Å². The smallest absolute Gasteiger partial charge is 0.497 e.